The van der Waals surface area contributed by atoms with E-state index in [9.17, 15) is 17.6 Å². The van der Waals surface area contributed by atoms with Crippen molar-refractivity contribution in [1.29, 1.82) is 0 Å². The van der Waals surface area contributed by atoms with Crippen LogP contribution in [0.5, 0.6) is 5.75 Å². The minimum Gasteiger partial charge on any atom is -0.492 e. The summed E-state index contributed by atoms with van der Waals surface area (Å²) in [5.41, 5.74) is -0.442. The van der Waals surface area contributed by atoms with Crippen molar-refractivity contribution in [2.75, 3.05) is 32.8 Å². The van der Waals surface area contributed by atoms with Gasteiger partial charge in [-0.15, -0.1) is 0 Å². The molecule has 4 rings (SSSR count). The van der Waals surface area contributed by atoms with Gasteiger partial charge in [0.1, 0.15) is 11.6 Å². The van der Waals surface area contributed by atoms with Crippen molar-refractivity contribution < 1.29 is 27.1 Å². The Kier molecular flexibility index (Phi) is 7.56. The van der Waals surface area contributed by atoms with E-state index in [4.69, 9.17) is 21.1 Å². The Labute approximate surface area is 193 Å². The van der Waals surface area contributed by atoms with E-state index in [0.29, 0.717) is 25.4 Å². The number of rotatable bonds is 8. The molecule has 2 heterocycles. The summed E-state index contributed by atoms with van der Waals surface area (Å²) in [4.78, 5) is 12.5. The molecule has 0 aromatic heterocycles. The summed E-state index contributed by atoms with van der Waals surface area (Å²) in [6.07, 6.45) is 5.72. The quantitative estimate of drug-likeness (QED) is 0.582. The molecule has 1 saturated carbocycles. The van der Waals surface area contributed by atoms with Gasteiger partial charge in [0.2, 0.25) is 0 Å². The first-order valence-electron chi connectivity index (χ1n) is 11.1. The first kappa shape index (κ1) is 23.7. The van der Waals surface area contributed by atoms with Crippen LogP contribution in [0.2, 0.25) is 5.02 Å². The highest BCUT2D eigenvalue weighted by atomic mass is 35.5. The van der Waals surface area contributed by atoms with Gasteiger partial charge in [-0.05, 0) is 37.7 Å². The van der Waals surface area contributed by atoms with Crippen LogP contribution in [-0.2, 0) is 14.9 Å². The first-order valence-corrected chi connectivity index (χ1v) is 12.9. The van der Waals surface area contributed by atoms with Gasteiger partial charge in [0.15, 0.2) is 0 Å². The minimum atomic E-state index is -4.11. The molecule has 0 spiro atoms. The van der Waals surface area contributed by atoms with Crippen molar-refractivity contribution in [1.82, 2.24) is 14.3 Å². The average molecular weight is 490 g/mol. The maximum atomic E-state index is 14.6. The second-order valence-corrected chi connectivity index (χ2v) is 10.8. The fourth-order valence-corrected chi connectivity index (χ4v) is 5.66. The predicted molar refractivity (Wildman–Crippen MR) is 118 cm³/mol. The Morgan fingerprint density at radius 1 is 1.16 bits per heavy atom. The van der Waals surface area contributed by atoms with Crippen molar-refractivity contribution in [3.63, 3.8) is 0 Å². The Morgan fingerprint density at radius 3 is 2.47 bits per heavy atom. The van der Waals surface area contributed by atoms with Crippen LogP contribution in [0, 0.1) is 11.7 Å². The molecular formula is C21H29ClFN3O5S. The molecule has 2 aliphatic heterocycles. The molecule has 2 N–H and O–H groups in total. The van der Waals surface area contributed by atoms with Crippen molar-refractivity contribution >= 4 is 27.7 Å². The van der Waals surface area contributed by atoms with Gasteiger partial charge in [-0.1, -0.05) is 24.4 Å². The zero-order valence-corrected chi connectivity index (χ0v) is 19.4. The summed E-state index contributed by atoms with van der Waals surface area (Å²) >= 11 is 6.18. The smallest absolute Gasteiger partial charge is 0.304 e. The summed E-state index contributed by atoms with van der Waals surface area (Å²) in [7, 11) is -4.11. The lowest BCUT2D eigenvalue weighted by Crippen LogP contribution is -2.52. The Balaban J connectivity index is 1.33. The number of carbonyl (C=O) groups excluding carboxylic acids is 1. The third kappa shape index (κ3) is 5.72. The van der Waals surface area contributed by atoms with Crippen molar-refractivity contribution in [2.45, 2.75) is 50.7 Å². The zero-order valence-electron chi connectivity index (χ0n) is 17.8. The third-order valence-electron chi connectivity index (χ3n) is 6.31. The largest absolute Gasteiger partial charge is 0.492 e. The monoisotopic (exact) mass is 489 g/mol. The second kappa shape index (κ2) is 10.2. The van der Waals surface area contributed by atoms with Crippen molar-refractivity contribution in [3.8, 4) is 5.75 Å². The SMILES string of the molecule is O=C(NS(=O)(=O)N1CCC(OC2CNC2)CC1)c1cc(Cl)c(OCC2CCCC2)cc1F. The maximum Gasteiger partial charge on any atom is 0.304 e. The molecule has 32 heavy (non-hydrogen) atoms. The maximum absolute atomic E-state index is 14.6. The first-order chi connectivity index (χ1) is 15.3. The van der Waals surface area contributed by atoms with Gasteiger partial charge in [0, 0.05) is 32.2 Å². The number of hydrogen-bond acceptors (Lipinski definition) is 6. The highest BCUT2D eigenvalue weighted by Crippen LogP contribution is 2.31. The molecule has 1 aromatic carbocycles. The normalized spacial score (nSPS) is 21.4. The van der Waals surface area contributed by atoms with E-state index in [1.54, 1.807) is 0 Å². The van der Waals surface area contributed by atoms with E-state index >= 15 is 0 Å². The molecular weight excluding hydrogens is 461 g/mol. The molecule has 3 fully saturated rings. The summed E-state index contributed by atoms with van der Waals surface area (Å²) in [5.74, 6) is -1.38. The van der Waals surface area contributed by atoms with Gasteiger partial charge >= 0.3 is 10.2 Å². The number of benzene rings is 1. The molecule has 0 unspecified atom stereocenters. The van der Waals surface area contributed by atoms with Crippen LogP contribution in [0.3, 0.4) is 0 Å². The minimum absolute atomic E-state index is 0.00252. The molecule has 3 aliphatic rings. The van der Waals surface area contributed by atoms with Gasteiger partial charge in [0.25, 0.3) is 5.91 Å². The Hall–Kier alpha value is -1.46. The van der Waals surface area contributed by atoms with Crippen LogP contribution in [-0.4, -0.2) is 63.6 Å². The zero-order chi connectivity index (χ0) is 22.7. The lowest BCUT2D eigenvalue weighted by atomic mass is 10.1. The predicted octanol–water partition coefficient (Wildman–Crippen LogP) is 2.48. The van der Waals surface area contributed by atoms with E-state index in [0.717, 1.165) is 50.9 Å². The molecule has 1 amide bonds. The molecule has 1 aromatic rings. The number of hydrogen-bond donors (Lipinski definition) is 2. The second-order valence-electron chi connectivity index (χ2n) is 8.67. The van der Waals surface area contributed by atoms with E-state index in [2.05, 4.69) is 5.32 Å². The topological polar surface area (TPSA) is 97.0 Å². The third-order valence-corrected chi connectivity index (χ3v) is 8.09. The van der Waals surface area contributed by atoms with Gasteiger partial charge in [-0.3, -0.25) is 4.79 Å². The summed E-state index contributed by atoms with van der Waals surface area (Å²) in [5, 5.41) is 3.19. The van der Waals surface area contributed by atoms with E-state index in [1.165, 1.54) is 4.31 Å². The molecule has 0 bridgehead atoms. The molecule has 11 heteroatoms. The Morgan fingerprint density at radius 2 is 1.84 bits per heavy atom. The fourth-order valence-electron chi connectivity index (χ4n) is 4.27. The molecule has 0 radical (unpaired) electrons. The molecule has 178 valence electrons. The van der Waals surface area contributed by atoms with Crippen LogP contribution in [0.4, 0.5) is 4.39 Å². The molecule has 0 atom stereocenters. The van der Waals surface area contributed by atoms with E-state index in [1.807, 2.05) is 4.72 Å². The highest BCUT2D eigenvalue weighted by molar-refractivity contribution is 7.87. The van der Waals surface area contributed by atoms with Crippen LogP contribution in [0.25, 0.3) is 0 Å². The number of piperidine rings is 1. The number of nitrogens with one attached hydrogen (secondary N) is 2. The lowest BCUT2D eigenvalue weighted by molar-refractivity contribution is -0.0552. The van der Waals surface area contributed by atoms with Gasteiger partial charge in [0.05, 0.1) is 29.4 Å². The van der Waals surface area contributed by atoms with E-state index in [-0.39, 0.29) is 36.1 Å². The molecule has 8 nitrogen and oxygen atoms in total. The van der Waals surface area contributed by atoms with Crippen LogP contribution in [0.1, 0.15) is 48.9 Å². The van der Waals surface area contributed by atoms with Crippen LogP contribution < -0.4 is 14.8 Å². The number of amides is 1. The fraction of sp³-hybridized carbons (Fsp3) is 0.667. The number of ether oxygens (including phenoxy) is 2. The average Bonchev–Trinajstić information content (AvgIpc) is 3.24. The highest BCUT2D eigenvalue weighted by Gasteiger charge is 2.32. The number of halogens is 2. The Bertz CT molecular complexity index is 930. The van der Waals surface area contributed by atoms with Crippen molar-refractivity contribution in [2.24, 2.45) is 5.92 Å². The standard InChI is InChI=1S/C21H29ClFN3O5S/c22-18-9-17(19(23)10-20(18)30-13-14-3-1-2-4-14)21(27)25-32(28,29)26-7-5-15(6-8-26)31-16-11-24-12-16/h9-10,14-16,24H,1-8,11-13H2,(H,25,27). The van der Waals surface area contributed by atoms with Gasteiger partial charge < -0.3 is 14.8 Å². The van der Waals surface area contributed by atoms with Crippen LogP contribution in [0.15, 0.2) is 12.1 Å². The van der Waals surface area contributed by atoms with Crippen molar-refractivity contribution in [3.05, 3.63) is 28.5 Å². The number of nitrogens with zero attached hydrogens (tertiary/aromatic N) is 1. The molecule has 1 aliphatic carbocycles. The van der Waals surface area contributed by atoms with Gasteiger partial charge in [-0.2, -0.15) is 12.7 Å². The van der Waals surface area contributed by atoms with Gasteiger partial charge in [-0.25, -0.2) is 9.11 Å². The van der Waals surface area contributed by atoms with Crippen LogP contribution >= 0.6 is 11.6 Å². The summed E-state index contributed by atoms with van der Waals surface area (Å²) in [6.45, 7) is 2.52. The number of carbonyl (C=O) groups is 1. The summed E-state index contributed by atoms with van der Waals surface area (Å²) in [6, 6.07) is 2.15. The summed E-state index contributed by atoms with van der Waals surface area (Å²) < 4.78 is 54.5. The van der Waals surface area contributed by atoms with E-state index < -0.39 is 27.5 Å². The molecule has 2 saturated heterocycles. The lowest BCUT2D eigenvalue weighted by Gasteiger charge is -2.36.